The van der Waals surface area contributed by atoms with Crippen molar-refractivity contribution < 1.29 is 68.7 Å². The van der Waals surface area contributed by atoms with Crippen LogP contribution in [0.4, 0.5) is 0 Å². The molecular weight excluding hydrogens is 732 g/mol. The number of rotatable bonds is 21. The number of hydrogen-bond donors (Lipinski definition) is 8. The molecule has 2 aliphatic heterocycles. The Balaban J connectivity index is 1.51. The van der Waals surface area contributed by atoms with Gasteiger partial charge in [-0.05, 0) is 43.5 Å². The fraction of sp³-hybridized carbons (Fsp3) is 0.675. The van der Waals surface area contributed by atoms with E-state index in [4.69, 9.17) is 28.8 Å². The molecule has 10 atom stereocenters. The fourth-order valence-electron chi connectivity index (χ4n) is 7.04. The zero-order valence-electron chi connectivity index (χ0n) is 32.5. The number of nitrogens with one attached hydrogen (secondary N) is 2. The predicted octanol–water partition coefficient (Wildman–Crippen LogP) is 0.987. The van der Waals surface area contributed by atoms with Crippen LogP contribution < -0.4 is 10.6 Å². The minimum atomic E-state index is -1.57. The van der Waals surface area contributed by atoms with Crippen molar-refractivity contribution in [3.63, 3.8) is 0 Å². The maximum Gasteiger partial charge on any atom is 0.338 e. The van der Waals surface area contributed by atoms with Crippen molar-refractivity contribution in [3.8, 4) is 0 Å². The molecule has 16 nitrogen and oxygen atoms in total. The van der Waals surface area contributed by atoms with Gasteiger partial charge >= 0.3 is 5.97 Å². The number of unbranched alkanes of at least 4 members (excludes halogenated alkanes) is 4. The molecule has 2 heterocycles. The predicted molar refractivity (Wildman–Crippen MR) is 202 cm³/mol. The van der Waals surface area contributed by atoms with Gasteiger partial charge in [0.25, 0.3) is 0 Å². The number of fused-ring (bicyclic) bond motifs is 1. The summed E-state index contributed by atoms with van der Waals surface area (Å²) in [7, 11) is 0. The van der Waals surface area contributed by atoms with Crippen LogP contribution in [0.1, 0.15) is 94.5 Å². The minimum absolute atomic E-state index is 0.0538. The van der Waals surface area contributed by atoms with E-state index in [1.165, 1.54) is 6.92 Å². The molecule has 3 aliphatic rings. The Morgan fingerprint density at radius 2 is 1.71 bits per heavy atom. The number of aliphatic hydroxyl groups is 6. The van der Waals surface area contributed by atoms with Gasteiger partial charge in [-0.25, -0.2) is 4.79 Å². The van der Waals surface area contributed by atoms with E-state index in [-0.39, 0.29) is 37.3 Å². The van der Waals surface area contributed by atoms with E-state index >= 15 is 0 Å². The van der Waals surface area contributed by atoms with Crippen LogP contribution in [0.3, 0.4) is 0 Å². The smallest absolute Gasteiger partial charge is 0.338 e. The topological polar surface area (TPSA) is 243 Å². The van der Waals surface area contributed by atoms with Crippen LogP contribution in [0.2, 0.25) is 0 Å². The number of aliphatic hydroxyl groups excluding tert-OH is 6. The molecule has 0 radical (unpaired) electrons. The number of amides is 2. The monoisotopic (exact) mass is 792 g/mol. The van der Waals surface area contributed by atoms with E-state index in [1.54, 1.807) is 42.5 Å². The summed E-state index contributed by atoms with van der Waals surface area (Å²) in [5, 5.41) is 64.1. The average Bonchev–Trinajstić information content (AvgIpc) is 3.56. The molecule has 4 rings (SSSR count). The highest BCUT2D eigenvalue weighted by Crippen LogP contribution is 2.43. The molecule has 2 amide bonds. The Labute approximate surface area is 327 Å². The quantitative estimate of drug-likeness (QED) is 0.0640. The zero-order chi connectivity index (χ0) is 40.8. The molecular formula is C40H60N2O14. The van der Waals surface area contributed by atoms with Crippen LogP contribution >= 0.6 is 0 Å². The second-order valence-corrected chi connectivity index (χ2v) is 14.6. The Hall–Kier alpha value is -3.29. The van der Waals surface area contributed by atoms with Gasteiger partial charge in [0.1, 0.15) is 48.8 Å². The van der Waals surface area contributed by atoms with Crippen molar-refractivity contribution in [2.24, 2.45) is 0 Å². The van der Waals surface area contributed by atoms with Gasteiger partial charge in [-0.3, -0.25) is 9.59 Å². The standard InChI is InChI=1S/C40H60N2O14/c1-4-6-8-15-40(16-9-7-5-2)55-29-22-27(36(49)42-31(24(3)45)37(50)41-17-18-43)21-28(35(29)56-40)53-38(51)26-14-10-12-25(20-26)13-11-19-52-39-34(48)33(47)32(46)30(23-44)54-39/h10-14,20,22,24,28-35,39,43-48H,4-9,15-19,21,23H2,1-3H3,(H,41,50)(H,42,49). The summed E-state index contributed by atoms with van der Waals surface area (Å²) in [6.07, 6.45) is 1.09. The third kappa shape index (κ3) is 12.1. The number of hydrogen-bond acceptors (Lipinski definition) is 14. The van der Waals surface area contributed by atoms with Gasteiger partial charge < -0.3 is 65.0 Å². The van der Waals surface area contributed by atoms with E-state index in [0.29, 0.717) is 18.4 Å². The summed E-state index contributed by atoms with van der Waals surface area (Å²) < 4.78 is 30.3. The molecule has 16 heteroatoms. The lowest BCUT2D eigenvalue weighted by atomic mass is 9.91. The van der Waals surface area contributed by atoms with Crippen LogP contribution in [-0.2, 0) is 33.3 Å². The van der Waals surface area contributed by atoms with Crippen LogP contribution in [-0.4, -0.2) is 142 Å². The van der Waals surface area contributed by atoms with Gasteiger partial charge in [-0.1, -0.05) is 63.8 Å². The van der Waals surface area contributed by atoms with Gasteiger partial charge in [0, 0.05) is 31.4 Å². The first kappa shape index (κ1) is 45.4. The normalized spacial score (nSPS) is 28.3. The summed E-state index contributed by atoms with van der Waals surface area (Å²) in [6, 6.07) is 5.28. The second-order valence-electron chi connectivity index (χ2n) is 14.6. The third-order valence-electron chi connectivity index (χ3n) is 10.2. The molecule has 0 saturated carbocycles. The van der Waals surface area contributed by atoms with Crippen LogP contribution in [0.5, 0.6) is 0 Å². The van der Waals surface area contributed by atoms with Gasteiger partial charge in [0.2, 0.25) is 11.8 Å². The molecule has 2 fully saturated rings. The number of esters is 1. The van der Waals surface area contributed by atoms with E-state index < -0.39 is 91.3 Å². The van der Waals surface area contributed by atoms with Crippen LogP contribution in [0.15, 0.2) is 42.0 Å². The lowest BCUT2D eigenvalue weighted by Gasteiger charge is -2.39. The molecule has 56 heavy (non-hydrogen) atoms. The van der Waals surface area contributed by atoms with E-state index in [9.17, 15) is 39.9 Å². The largest absolute Gasteiger partial charge is 0.456 e. The summed E-state index contributed by atoms with van der Waals surface area (Å²) in [6.45, 7) is 4.55. The van der Waals surface area contributed by atoms with E-state index in [0.717, 1.165) is 38.5 Å². The van der Waals surface area contributed by atoms with Crippen molar-refractivity contribution in [1.29, 1.82) is 0 Å². The summed E-state index contributed by atoms with van der Waals surface area (Å²) >= 11 is 0. The summed E-state index contributed by atoms with van der Waals surface area (Å²) in [5.74, 6) is -2.93. The lowest BCUT2D eigenvalue weighted by Crippen LogP contribution is -2.59. The van der Waals surface area contributed by atoms with Crippen molar-refractivity contribution in [3.05, 3.63) is 53.1 Å². The maximum absolute atomic E-state index is 13.8. The minimum Gasteiger partial charge on any atom is -0.456 e. The zero-order valence-corrected chi connectivity index (χ0v) is 32.5. The third-order valence-corrected chi connectivity index (χ3v) is 10.2. The van der Waals surface area contributed by atoms with Gasteiger partial charge in [0.05, 0.1) is 31.5 Å². The molecule has 2 saturated heterocycles. The first-order valence-corrected chi connectivity index (χ1v) is 19.7. The van der Waals surface area contributed by atoms with Gasteiger partial charge in [-0.15, -0.1) is 0 Å². The average molecular weight is 793 g/mol. The summed E-state index contributed by atoms with van der Waals surface area (Å²) in [5.41, 5.74) is 1.01. The number of benzene rings is 1. The molecule has 10 unspecified atom stereocenters. The fourth-order valence-corrected chi connectivity index (χ4v) is 7.04. The van der Waals surface area contributed by atoms with E-state index in [2.05, 4.69) is 24.5 Å². The molecule has 1 aromatic rings. The Morgan fingerprint density at radius 3 is 2.36 bits per heavy atom. The molecule has 1 aliphatic carbocycles. The van der Waals surface area contributed by atoms with Gasteiger partial charge in [0.15, 0.2) is 12.1 Å². The Bertz CT molecular complexity index is 1470. The first-order chi connectivity index (χ1) is 26.9. The molecule has 8 N–H and O–H groups in total. The van der Waals surface area contributed by atoms with Crippen LogP contribution in [0.25, 0.3) is 6.08 Å². The highest BCUT2D eigenvalue weighted by atomic mass is 16.8. The maximum atomic E-state index is 13.8. The first-order valence-electron chi connectivity index (χ1n) is 19.7. The molecule has 314 valence electrons. The van der Waals surface area contributed by atoms with Crippen LogP contribution in [0, 0.1) is 0 Å². The van der Waals surface area contributed by atoms with Crippen molar-refractivity contribution in [1.82, 2.24) is 10.6 Å². The SMILES string of the molecule is CCCCCC1(CCCCC)OC2C=C(C(=O)NC(C(=O)NCCO)C(C)O)CC(OC(=O)c3cccc(C=CCOC4OC(CO)C(O)C(O)C4O)c3)C2O1. The molecule has 0 spiro atoms. The van der Waals surface area contributed by atoms with Crippen molar-refractivity contribution >= 4 is 23.9 Å². The van der Waals surface area contributed by atoms with E-state index in [1.807, 2.05) is 0 Å². The summed E-state index contributed by atoms with van der Waals surface area (Å²) in [4.78, 5) is 40.1. The van der Waals surface area contributed by atoms with Crippen molar-refractivity contribution in [2.75, 3.05) is 26.4 Å². The second kappa shape index (κ2) is 22.0. The highest BCUT2D eigenvalue weighted by Gasteiger charge is 2.52. The number of ether oxygens (including phenoxy) is 5. The lowest BCUT2D eigenvalue weighted by molar-refractivity contribution is -0.298. The number of carbonyl (C=O) groups is 3. The number of carbonyl (C=O) groups excluding carboxylic acids is 3. The van der Waals surface area contributed by atoms with Crippen molar-refractivity contribution in [2.45, 2.75) is 146 Å². The molecule has 1 aromatic carbocycles. The molecule has 0 aromatic heterocycles. The molecule has 0 bridgehead atoms. The Kier molecular flexibility index (Phi) is 17.9. The Morgan fingerprint density at radius 1 is 1.00 bits per heavy atom. The highest BCUT2D eigenvalue weighted by molar-refractivity contribution is 5.97. The van der Waals surface area contributed by atoms with Gasteiger partial charge in [-0.2, -0.15) is 0 Å².